The molecule has 0 spiro atoms. The fourth-order valence-corrected chi connectivity index (χ4v) is 2.20. The van der Waals surface area contributed by atoms with Gasteiger partial charge < -0.3 is 10.0 Å². The van der Waals surface area contributed by atoms with Gasteiger partial charge in [-0.15, -0.1) is 0 Å². The van der Waals surface area contributed by atoms with Gasteiger partial charge in [-0.2, -0.15) is 0 Å². The summed E-state index contributed by atoms with van der Waals surface area (Å²) < 4.78 is 0. The number of halogens is 1. The quantitative estimate of drug-likeness (QED) is 0.803. The van der Waals surface area contributed by atoms with Gasteiger partial charge >= 0.3 is 0 Å². The maximum absolute atomic E-state index is 9.29. The van der Waals surface area contributed by atoms with Crippen LogP contribution in [0.25, 0.3) is 0 Å². The standard InChI is InChI=1S/C11H16ClN3O/c1-8-2-4-15(5-3-8)11-9(6-16)10(12)13-7-14-11/h7-8,16H,2-6H2,1H3. The molecule has 0 radical (unpaired) electrons. The van der Waals surface area contributed by atoms with Crippen molar-refractivity contribution in [3.05, 3.63) is 17.0 Å². The number of aromatic nitrogens is 2. The van der Waals surface area contributed by atoms with E-state index in [9.17, 15) is 5.11 Å². The summed E-state index contributed by atoms with van der Waals surface area (Å²) in [6.07, 6.45) is 3.77. The molecule has 16 heavy (non-hydrogen) atoms. The number of aliphatic hydroxyl groups excluding tert-OH is 1. The summed E-state index contributed by atoms with van der Waals surface area (Å²) in [5.74, 6) is 1.56. The van der Waals surface area contributed by atoms with Gasteiger partial charge in [0.1, 0.15) is 17.3 Å². The smallest absolute Gasteiger partial charge is 0.140 e. The number of nitrogens with zero attached hydrogens (tertiary/aromatic N) is 3. The van der Waals surface area contributed by atoms with Crippen LogP contribution in [-0.2, 0) is 6.61 Å². The molecule has 1 aromatic heterocycles. The molecule has 0 amide bonds. The summed E-state index contributed by atoms with van der Waals surface area (Å²) in [7, 11) is 0. The summed E-state index contributed by atoms with van der Waals surface area (Å²) in [5, 5.41) is 9.64. The van der Waals surface area contributed by atoms with Gasteiger partial charge in [-0.3, -0.25) is 0 Å². The Bertz CT molecular complexity index is 364. The van der Waals surface area contributed by atoms with E-state index in [1.54, 1.807) is 0 Å². The minimum Gasteiger partial charge on any atom is -0.391 e. The molecule has 2 rings (SSSR count). The number of rotatable bonds is 2. The van der Waals surface area contributed by atoms with Gasteiger partial charge in [-0.25, -0.2) is 9.97 Å². The van der Waals surface area contributed by atoms with E-state index in [0.717, 1.165) is 37.7 Å². The second-order valence-corrected chi connectivity index (χ2v) is 4.65. The van der Waals surface area contributed by atoms with Crippen LogP contribution in [0.2, 0.25) is 5.15 Å². The summed E-state index contributed by atoms with van der Waals surface area (Å²) in [6.45, 7) is 4.10. The fraction of sp³-hybridized carbons (Fsp3) is 0.636. The molecule has 0 aliphatic carbocycles. The molecular formula is C11H16ClN3O. The molecule has 1 aromatic rings. The largest absolute Gasteiger partial charge is 0.391 e. The first-order chi connectivity index (χ1) is 7.72. The molecule has 4 nitrogen and oxygen atoms in total. The van der Waals surface area contributed by atoms with Gasteiger partial charge in [-0.1, -0.05) is 18.5 Å². The van der Waals surface area contributed by atoms with Gasteiger partial charge in [0.15, 0.2) is 0 Å². The molecule has 2 heterocycles. The molecule has 1 saturated heterocycles. The molecule has 1 N–H and O–H groups in total. The Hall–Kier alpha value is -0.870. The predicted molar refractivity (Wildman–Crippen MR) is 63.6 cm³/mol. The minimum atomic E-state index is -0.110. The Kier molecular flexibility index (Phi) is 3.61. The van der Waals surface area contributed by atoms with Crippen LogP contribution in [0.5, 0.6) is 0 Å². The summed E-state index contributed by atoms with van der Waals surface area (Å²) in [5.41, 5.74) is 0.638. The highest BCUT2D eigenvalue weighted by Crippen LogP contribution is 2.27. The minimum absolute atomic E-state index is 0.110. The van der Waals surface area contributed by atoms with Crippen molar-refractivity contribution in [2.24, 2.45) is 5.92 Å². The predicted octanol–water partition coefficient (Wildman–Crippen LogP) is 1.86. The van der Waals surface area contributed by atoms with Crippen LogP contribution in [0.15, 0.2) is 6.33 Å². The van der Waals surface area contributed by atoms with Crippen LogP contribution in [0.1, 0.15) is 25.3 Å². The van der Waals surface area contributed by atoms with Gasteiger partial charge in [-0.05, 0) is 18.8 Å². The molecule has 5 heteroatoms. The molecule has 0 atom stereocenters. The highest BCUT2D eigenvalue weighted by molar-refractivity contribution is 6.30. The molecular weight excluding hydrogens is 226 g/mol. The third kappa shape index (κ3) is 2.28. The lowest BCUT2D eigenvalue weighted by Gasteiger charge is -2.32. The second-order valence-electron chi connectivity index (χ2n) is 4.29. The van der Waals surface area contributed by atoms with Crippen LogP contribution >= 0.6 is 11.6 Å². The number of hydrogen-bond acceptors (Lipinski definition) is 4. The van der Waals surface area contributed by atoms with E-state index in [1.807, 2.05) is 0 Å². The molecule has 88 valence electrons. The second kappa shape index (κ2) is 4.97. The van der Waals surface area contributed by atoms with E-state index in [0.29, 0.717) is 10.7 Å². The Labute approximate surface area is 100 Å². The van der Waals surface area contributed by atoms with E-state index in [-0.39, 0.29) is 6.61 Å². The van der Waals surface area contributed by atoms with Crippen molar-refractivity contribution >= 4 is 17.4 Å². The third-order valence-corrected chi connectivity index (χ3v) is 3.44. The molecule has 0 saturated carbocycles. The van der Waals surface area contributed by atoms with E-state index in [2.05, 4.69) is 21.8 Å². The lowest BCUT2D eigenvalue weighted by molar-refractivity contribution is 0.280. The average molecular weight is 242 g/mol. The van der Waals surface area contributed by atoms with Crippen LogP contribution in [0.3, 0.4) is 0 Å². The van der Waals surface area contributed by atoms with Crippen LogP contribution in [0.4, 0.5) is 5.82 Å². The molecule has 1 aliphatic heterocycles. The van der Waals surface area contributed by atoms with Gasteiger partial charge in [0.2, 0.25) is 0 Å². The van der Waals surface area contributed by atoms with Crippen molar-refractivity contribution in [2.45, 2.75) is 26.4 Å². The van der Waals surface area contributed by atoms with Crippen molar-refractivity contribution < 1.29 is 5.11 Å². The zero-order valence-electron chi connectivity index (χ0n) is 9.36. The van der Waals surface area contributed by atoms with Crippen molar-refractivity contribution in [3.63, 3.8) is 0 Å². The zero-order valence-corrected chi connectivity index (χ0v) is 10.1. The van der Waals surface area contributed by atoms with Gasteiger partial charge in [0.05, 0.1) is 12.2 Å². The van der Waals surface area contributed by atoms with Crippen molar-refractivity contribution in [1.29, 1.82) is 0 Å². The SMILES string of the molecule is CC1CCN(c2ncnc(Cl)c2CO)CC1. The Morgan fingerprint density at radius 2 is 2.12 bits per heavy atom. The monoisotopic (exact) mass is 241 g/mol. The van der Waals surface area contributed by atoms with Crippen LogP contribution in [-0.4, -0.2) is 28.2 Å². The van der Waals surface area contributed by atoms with Crippen molar-refractivity contribution in [3.8, 4) is 0 Å². The van der Waals surface area contributed by atoms with E-state index >= 15 is 0 Å². The third-order valence-electron chi connectivity index (χ3n) is 3.11. The zero-order chi connectivity index (χ0) is 11.5. The highest BCUT2D eigenvalue weighted by Gasteiger charge is 2.20. The number of hydrogen-bond donors (Lipinski definition) is 1. The number of anilines is 1. The first-order valence-corrected chi connectivity index (χ1v) is 5.95. The Balaban J connectivity index is 2.23. The summed E-state index contributed by atoms with van der Waals surface area (Å²) >= 11 is 5.94. The lowest BCUT2D eigenvalue weighted by atomic mass is 9.99. The first-order valence-electron chi connectivity index (χ1n) is 5.57. The average Bonchev–Trinajstić information content (AvgIpc) is 2.30. The Morgan fingerprint density at radius 1 is 1.44 bits per heavy atom. The summed E-state index contributed by atoms with van der Waals surface area (Å²) in [6, 6.07) is 0. The highest BCUT2D eigenvalue weighted by atomic mass is 35.5. The van der Waals surface area contributed by atoms with Gasteiger partial charge in [0, 0.05) is 13.1 Å². The molecule has 0 unspecified atom stereocenters. The summed E-state index contributed by atoms with van der Waals surface area (Å²) in [4.78, 5) is 10.3. The van der Waals surface area contributed by atoms with Crippen molar-refractivity contribution in [2.75, 3.05) is 18.0 Å². The fourth-order valence-electron chi connectivity index (χ4n) is 2.01. The van der Waals surface area contributed by atoms with E-state index < -0.39 is 0 Å². The molecule has 0 aromatic carbocycles. The lowest BCUT2D eigenvalue weighted by Crippen LogP contribution is -2.34. The normalized spacial score (nSPS) is 17.8. The van der Waals surface area contributed by atoms with Gasteiger partial charge in [0.25, 0.3) is 0 Å². The molecule has 1 fully saturated rings. The topological polar surface area (TPSA) is 49.2 Å². The van der Waals surface area contributed by atoms with E-state index in [4.69, 9.17) is 11.6 Å². The number of aliphatic hydroxyl groups is 1. The van der Waals surface area contributed by atoms with Crippen molar-refractivity contribution in [1.82, 2.24) is 9.97 Å². The maximum atomic E-state index is 9.29. The molecule has 0 bridgehead atoms. The molecule has 1 aliphatic rings. The Morgan fingerprint density at radius 3 is 2.75 bits per heavy atom. The van der Waals surface area contributed by atoms with Crippen LogP contribution < -0.4 is 4.90 Å². The van der Waals surface area contributed by atoms with Crippen LogP contribution in [0, 0.1) is 5.92 Å². The first kappa shape index (κ1) is 11.6. The number of piperidine rings is 1. The maximum Gasteiger partial charge on any atom is 0.140 e. The van der Waals surface area contributed by atoms with E-state index in [1.165, 1.54) is 6.33 Å².